The number of nitrogens with one attached hydrogen (secondary N) is 1. The topological polar surface area (TPSA) is 114 Å². The Morgan fingerprint density at radius 3 is 2.81 bits per heavy atom. The van der Waals surface area contributed by atoms with Crippen molar-refractivity contribution in [3.63, 3.8) is 0 Å². The van der Waals surface area contributed by atoms with Crippen LogP contribution in [0.25, 0.3) is 0 Å². The van der Waals surface area contributed by atoms with E-state index in [2.05, 4.69) is 31.0 Å². The fourth-order valence-electron chi connectivity index (χ4n) is 1.58. The van der Waals surface area contributed by atoms with Crippen molar-refractivity contribution < 1.29 is 18.3 Å². The van der Waals surface area contributed by atoms with Crippen LogP contribution in [0.3, 0.4) is 0 Å². The van der Waals surface area contributed by atoms with Gasteiger partial charge in [-0.2, -0.15) is 0 Å². The lowest BCUT2D eigenvalue weighted by atomic mass is 10.5. The molecule has 0 bridgehead atoms. The van der Waals surface area contributed by atoms with Crippen molar-refractivity contribution in [3.05, 3.63) is 26.6 Å². The minimum absolute atomic E-state index is 0.0810. The van der Waals surface area contributed by atoms with Crippen LogP contribution in [0.2, 0.25) is 0 Å². The van der Waals surface area contributed by atoms with Gasteiger partial charge in [-0.05, 0) is 28.9 Å². The molecule has 21 heavy (non-hydrogen) atoms. The third kappa shape index (κ3) is 3.87. The van der Waals surface area contributed by atoms with Gasteiger partial charge < -0.3 is 5.11 Å². The Balaban J connectivity index is 1.99. The summed E-state index contributed by atoms with van der Waals surface area (Å²) in [6, 6.07) is 1.54. The molecular formula is C10H11BrN4O4S2. The molecule has 2 N–H and O–H groups in total. The maximum Gasteiger partial charge on any atom is 0.358 e. The van der Waals surface area contributed by atoms with E-state index in [4.69, 9.17) is 5.11 Å². The molecule has 2 heterocycles. The monoisotopic (exact) mass is 394 g/mol. The fourth-order valence-corrected chi connectivity index (χ4v) is 5.01. The number of thiophene rings is 1. The van der Waals surface area contributed by atoms with Gasteiger partial charge in [0.25, 0.3) is 0 Å². The number of halogens is 1. The fraction of sp³-hybridized carbons (Fsp3) is 0.300. The molecule has 11 heteroatoms. The van der Waals surface area contributed by atoms with Crippen molar-refractivity contribution in [1.82, 2.24) is 19.7 Å². The summed E-state index contributed by atoms with van der Waals surface area (Å²) in [6.07, 6.45) is 1.24. The number of aromatic nitrogens is 3. The maximum absolute atomic E-state index is 12.1. The normalized spacial score (nSPS) is 11.7. The molecule has 2 aromatic heterocycles. The second-order valence-electron chi connectivity index (χ2n) is 4.04. The Bertz CT molecular complexity index is 768. The molecule has 2 rings (SSSR count). The lowest BCUT2D eigenvalue weighted by Crippen LogP contribution is -2.27. The molecule has 0 aliphatic heterocycles. The van der Waals surface area contributed by atoms with Crippen LogP contribution in [0.5, 0.6) is 0 Å². The molecule has 0 saturated heterocycles. The van der Waals surface area contributed by atoms with E-state index in [0.29, 0.717) is 4.88 Å². The Kier molecular flexibility index (Phi) is 4.76. The number of sulfonamides is 1. The van der Waals surface area contributed by atoms with Gasteiger partial charge in [-0.25, -0.2) is 17.9 Å². The van der Waals surface area contributed by atoms with Crippen molar-refractivity contribution in [2.75, 3.05) is 6.54 Å². The molecule has 0 fully saturated rings. The van der Waals surface area contributed by atoms with Gasteiger partial charge in [0.2, 0.25) is 10.0 Å². The summed E-state index contributed by atoms with van der Waals surface area (Å²) in [4.78, 5) is 11.6. The van der Waals surface area contributed by atoms with Crippen LogP contribution < -0.4 is 4.72 Å². The molecule has 114 valence electrons. The van der Waals surface area contributed by atoms with Gasteiger partial charge >= 0.3 is 5.97 Å². The Morgan fingerprint density at radius 1 is 1.57 bits per heavy atom. The second-order valence-corrected chi connectivity index (χ2v) is 8.41. The number of aromatic carboxylic acids is 1. The summed E-state index contributed by atoms with van der Waals surface area (Å²) < 4.78 is 28.7. The van der Waals surface area contributed by atoms with Crippen molar-refractivity contribution in [3.8, 4) is 0 Å². The number of carbonyl (C=O) groups is 1. The summed E-state index contributed by atoms with van der Waals surface area (Å²) in [5.74, 6) is -1.18. The Labute approximate surface area is 133 Å². The number of carboxylic acids is 1. The molecule has 0 unspecified atom stereocenters. The zero-order chi connectivity index (χ0) is 15.6. The zero-order valence-electron chi connectivity index (χ0n) is 10.8. The quantitative estimate of drug-likeness (QED) is 0.757. The molecule has 0 aliphatic rings. The van der Waals surface area contributed by atoms with Crippen molar-refractivity contribution in [2.45, 2.75) is 18.4 Å². The van der Waals surface area contributed by atoms with E-state index < -0.39 is 16.0 Å². The van der Waals surface area contributed by atoms with E-state index in [9.17, 15) is 13.2 Å². The summed E-state index contributed by atoms with van der Waals surface area (Å²) in [5.41, 5.74) is -0.185. The first-order chi connectivity index (χ1) is 9.79. The molecule has 0 amide bonds. The Hall–Kier alpha value is -1.30. The number of aryl methyl sites for hydroxylation is 1. The highest BCUT2D eigenvalue weighted by molar-refractivity contribution is 9.11. The zero-order valence-corrected chi connectivity index (χ0v) is 14.0. The van der Waals surface area contributed by atoms with Crippen LogP contribution in [0, 0.1) is 6.92 Å². The van der Waals surface area contributed by atoms with Gasteiger partial charge in [0, 0.05) is 11.4 Å². The van der Waals surface area contributed by atoms with E-state index in [1.54, 1.807) is 13.0 Å². The van der Waals surface area contributed by atoms with Crippen LogP contribution in [0.1, 0.15) is 15.4 Å². The SMILES string of the molecule is Cc1sc(Br)cc1S(=O)(=O)NCCn1cc(C(=O)O)nn1. The molecule has 0 aliphatic carbocycles. The second kappa shape index (κ2) is 6.22. The van der Waals surface area contributed by atoms with E-state index >= 15 is 0 Å². The van der Waals surface area contributed by atoms with Crippen LogP contribution in [0.4, 0.5) is 0 Å². The van der Waals surface area contributed by atoms with Gasteiger partial charge in [-0.3, -0.25) is 4.68 Å². The van der Waals surface area contributed by atoms with Crippen LogP contribution in [-0.2, 0) is 16.6 Å². The van der Waals surface area contributed by atoms with Gasteiger partial charge in [0.15, 0.2) is 5.69 Å². The number of hydrogen-bond acceptors (Lipinski definition) is 6. The van der Waals surface area contributed by atoms with Crippen LogP contribution >= 0.6 is 27.3 Å². The lowest BCUT2D eigenvalue weighted by Gasteiger charge is -2.05. The van der Waals surface area contributed by atoms with Crippen LogP contribution in [0.15, 0.2) is 20.9 Å². The van der Waals surface area contributed by atoms with Crippen molar-refractivity contribution >= 4 is 43.3 Å². The number of rotatable bonds is 6. The van der Waals surface area contributed by atoms with E-state index in [1.165, 1.54) is 22.2 Å². The Morgan fingerprint density at radius 2 is 2.29 bits per heavy atom. The molecule has 0 saturated carbocycles. The summed E-state index contributed by atoms with van der Waals surface area (Å²) in [5, 5.41) is 15.7. The maximum atomic E-state index is 12.1. The average molecular weight is 395 g/mol. The molecule has 0 aromatic carbocycles. The van der Waals surface area contributed by atoms with Gasteiger partial charge in [0.05, 0.1) is 21.4 Å². The smallest absolute Gasteiger partial charge is 0.358 e. The van der Waals surface area contributed by atoms with E-state index in [-0.39, 0.29) is 23.7 Å². The summed E-state index contributed by atoms with van der Waals surface area (Å²) in [7, 11) is -3.60. The molecule has 2 aromatic rings. The highest BCUT2D eigenvalue weighted by Gasteiger charge is 2.19. The standard InChI is InChI=1S/C10H11BrN4O4S2/c1-6-8(4-9(11)20-6)21(18,19)12-2-3-15-5-7(10(16)17)13-14-15/h4-5,12H,2-3H2,1H3,(H,16,17). The molecule has 8 nitrogen and oxygen atoms in total. The third-order valence-corrected chi connectivity index (χ3v) is 5.79. The number of nitrogens with zero attached hydrogens (tertiary/aromatic N) is 3. The highest BCUT2D eigenvalue weighted by Crippen LogP contribution is 2.29. The first-order valence-corrected chi connectivity index (χ1v) is 8.78. The highest BCUT2D eigenvalue weighted by atomic mass is 79.9. The predicted octanol–water partition coefficient (Wildman–Crippen LogP) is 1.09. The van der Waals surface area contributed by atoms with Gasteiger partial charge in [0.1, 0.15) is 0 Å². The van der Waals surface area contributed by atoms with Gasteiger partial charge in [-0.1, -0.05) is 5.21 Å². The molecule has 0 atom stereocenters. The number of hydrogen-bond donors (Lipinski definition) is 2. The minimum atomic E-state index is -3.60. The number of carboxylic acid groups (broad SMARTS) is 1. The molecule has 0 spiro atoms. The molecular weight excluding hydrogens is 384 g/mol. The first-order valence-electron chi connectivity index (χ1n) is 5.68. The summed E-state index contributed by atoms with van der Waals surface area (Å²) >= 11 is 4.58. The van der Waals surface area contributed by atoms with Crippen molar-refractivity contribution in [2.24, 2.45) is 0 Å². The largest absolute Gasteiger partial charge is 0.476 e. The van der Waals surface area contributed by atoms with Crippen molar-refractivity contribution in [1.29, 1.82) is 0 Å². The first kappa shape index (κ1) is 16.1. The van der Waals surface area contributed by atoms with E-state index in [0.717, 1.165) is 3.79 Å². The average Bonchev–Trinajstić information content (AvgIpc) is 2.96. The lowest BCUT2D eigenvalue weighted by molar-refractivity contribution is 0.0690. The third-order valence-electron chi connectivity index (χ3n) is 2.52. The van der Waals surface area contributed by atoms with Crippen LogP contribution in [-0.4, -0.2) is 41.0 Å². The molecule has 0 radical (unpaired) electrons. The minimum Gasteiger partial charge on any atom is -0.476 e. The van der Waals surface area contributed by atoms with Gasteiger partial charge in [-0.15, -0.1) is 16.4 Å². The van der Waals surface area contributed by atoms with E-state index in [1.807, 2.05) is 0 Å². The predicted molar refractivity (Wildman–Crippen MR) is 78.9 cm³/mol. The summed E-state index contributed by atoms with van der Waals surface area (Å²) in [6.45, 7) is 1.99.